The van der Waals surface area contributed by atoms with Crippen LogP contribution in [0, 0.1) is 0 Å². The molecule has 2 aromatic rings. The van der Waals surface area contributed by atoms with E-state index in [2.05, 4.69) is 15.6 Å². The number of hydrogen-bond acceptors (Lipinski definition) is 6. The number of ether oxygens (including phenoxy) is 2. The Hall–Kier alpha value is -3.13. The van der Waals surface area contributed by atoms with Crippen LogP contribution in [0.5, 0.6) is 11.5 Å². The molecule has 3 rings (SSSR count). The molecule has 0 atom stereocenters. The van der Waals surface area contributed by atoms with Crippen molar-refractivity contribution >= 4 is 17.5 Å². The fraction of sp³-hybridized carbons (Fsp3) is 0.350. The quantitative estimate of drug-likeness (QED) is 0.707. The highest BCUT2D eigenvalue weighted by atomic mass is 16.6. The van der Waals surface area contributed by atoms with E-state index >= 15 is 0 Å². The summed E-state index contributed by atoms with van der Waals surface area (Å²) in [5.41, 5.74) is 0.935. The molecule has 0 saturated heterocycles. The number of aromatic nitrogens is 1. The average molecular weight is 384 g/mol. The lowest BCUT2D eigenvalue weighted by molar-refractivity contribution is 0.0947. The normalized spacial score (nSPS) is 12.5. The van der Waals surface area contributed by atoms with Gasteiger partial charge in [0.1, 0.15) is 24.6 Å². The number of carbonyl (C=O) groups is 2. The minimum absolute atomic E-state index is 0.163. The van der Waals surface area contributed by atoms with E-state index in [9.17, 15) is 9.59 Å². The second kappa shape index (κ2) is 9.18. The lowest BCUT2D eigenvalue weighted by Crippen LogP contribution is -2.28. The predicted octanol–water partition coefficient (Wildman–Crippen LogP) is 1.79. The molecule has 2 N–H and O–H groups in total. The minimum Gasteiger partial charge on any atom is -0.486 e. The third kappa shape index (κ3) is 5.20. The van der Waals surface area contributed by atoms with Gasteiger partial charge in [0.05, 0.1) is 0 Å². The number of fused-ring (bicyclic) bond motifs is 1. The first-order chi connectivity index (χ1) is 13.5. The number of hydrogen-bond donors (Lipinski definition) is 2. The summed E-state index contributed by atoms with van der Waals surface area (Å²) in [5.74, 6) is 0.532. The fourth-order valence-corrected chi connectivity index (χ4v) is 2.69. The summed E-state index contributed by atoms with van der Waals surface area (Å²) in [6, 6.07) is 9.97. The summed E-state index contributed by atoms with van der Waals surface area (Å²) in [6.45, 7) is 2.41. The molecule has 0 radical (unpaired) electrons. The molecule has 0 fully saturated rings. The van der Waals surface area contributed by atoms with Gasteiger partial charge in [0, 0.05) is 18.3 Å². The van der Waals surface area contributed by atoms with E-state index in [-0.39, 0.29) is 17.3 Å². The monoisotopic (exact) mass is 384 g/mol. The second-order valence-corrected chi connectivity index (χ2v) is 6.63. The molecule has 0 unspecified atom stereocenters. The lowest BCUT2D eigenvalue weighted by atomic mass is 10.2. The Balaban J connectivity index is 1.61. The smallest absolute Gasteiger partial charge is 0.274 e. The maximum atomic E-state index is 12.5. The highest BCUT2D eigenvalue weighted by molar-refractivity contribution is 6.04. The highest BCUT2D eigenvalue weighted by Crippen LogP contribution is 2.32. The summed E-state index contributed by atoms with van der Waals surface area (Å²) in [5, 5.41) is 5.58. The van der Waals surface area contributed by atoms with Gasteiger partial charge in [-0.05, 0) is 51.3 Å². The van der Waals surface area contributed by atoms with E-state index in [0.717, 1.165) is 13.0 Å². The molecule has 1 aliphatic rings. The third-order valence-electron chi connectivity index (χ3n) is 4.08. The fourth-order valence-electron chi connectivity index (χ4n) is 2.69. The van der Waals surface area contributed by atoms with Crippen molar-refractivity contribution in [3.63, 3.8) is 0 Å². The van der Waals surface area contributed by atoms with Crippen molar-refractivity contribution in [2.24, 2.45) is 0 Å². The van der Waals surface area contributed by atoms with Gasteiger partial charge in [-0.2, -0.15) is 0 Å². The van der Waals surface area contributed by atoms with Crippen LogP contribution in [-0.2, 0) is 0 Å². The van der Waals surface area contributed by atoms with Crippen LogP contribution in [0.3, 0.4) is 0 Å². The van der Waals surface area contributed by atoms with Gasteiger partial charge in [-0.1, -0.05) is 6.07 Å². The van der Waals surface area contributed by atoms with Crippen LogP contribution >= 0.6 is 0 Å². The molecule has 8 nitrogen and oxygen atoms in total. The molecular weight excluding hydrogens is 360 g/mol. The highest BCUT2D eigenvalue weighted by Gasteiger charge is 2.15. The van der Waals surface area contributed by atoms with Crippen LogP contribution in [0.15, 0.2) is 36.4 Å². The minimum atomic E-state index is -0.404. The number of nitrogens with one attached hydrogen (secondary N) is 2. The van der Waals surface area contributed by atoms with E-state index in [1.165, 1.54) is 0 Å². The molecule has 2 heterocycles. The van der Waals surface area contributed by atoms with Crippen molar-refractivity contribution in [2.45, 2.75) is 6.42 Å². The Morgan fingerprint density at radius 2 is 1.75 bits per heavy atom. The van der Waals surface area contributed by atoms with Gasteiger partial charge >= 0.3 is 0 Å². The van der Waals surface area contributed by atoms with E-state index in [0.29, 0.717) is 36.9 Å². The summed E-state index contributed by atoms with van der Waals surface area (Å²) < 4.78 is 11.0. The number of carbonyl (C=O) groups excluding carboxylic acids is 2. The first-order valence-electron chi connectivity index (χ1n) is 9.14. The molecule has 0 bridgehead atoms. The van der Waals surface area contributed by atoms with Crippen molar-refractivity contribution in [3.05, 3.63) is 47.8 Å². The average Bonchev–Trinajstić information content (AvgIpc) is 2.71. The van der Waals surface area contributed by atoms with Crippen molar-refractivity contribution in [3.8, 4) is 11.5 Å². The van der Waals surface area contributed by atoms with Crippen molar-refractivity contribution in [1.29, 1.82) is 0 Å². The Morgan fingerprint density at radius 1 is 1.04 bits per heavy atom. The van der Waals surface area contributed by atoms with Gasteiger partial charge in [-0.25, -0.2) is 4.98 Å². The Labute approximate surface area is 163 Å². The zero-order chi connectivity index (χ0) is 19.9. The number of amides is 2. The molecule has 1 aromatic carbocycles. The molecule has 0 saturated carbocycles. The summed E-state index contributed by atoms with van der Waals surface area (Å²) in [6.07, 6.45) is 0.836. The van der Waals surface area contributed by atoms with Crippen molar-refractivity contribution in [2.75, 3.05) is 45.7 Å². The van der Waals surface area contributed by atoms with Gasteiger partial charge in [0.2, 0.25) is 0 Å². The van der Waals surface area contributed by atoms with Gasteiger partial charge in [-0.15, -0.1) is 0 Å². The summed E-state index contributed by atoms with van der Waals surface area (Å²) >= 11 is 0. The Morgan fingerprint density at radius 3 is 2.50 bits per heavy atom. The van der Waals surface area contributed by atoms with Crippen LogP contribution in [0.1, 0.15) is 27.4 Å². The standard InChI is InChI=1S/C20H24N4O4/c1-24(2)10-4-9-21-19(25)15-5-3-6-16(23-15)20(26)22-14-7-8-17-18(13-14)28-12-11-27-17/h3,5-8,13H,4,9-12H2,1-2H3,(H,21,25)(H,22,26). The van der Waals surface area contributed by atoms with Crippen LogP contribution in [-0.4, -0.2) is 62.1 Å². The second-order valence-electron chi connectivity index (χ2n) is 6.63. The molecule has 0 spiro atoms. The predicted molar refractivity (Wildman–Crippen MR) is 105 cm³/mol. The lowest BCUT2D eigenvalue weighted by Gasteiger charge is -2.19. The van der Waals surface area contributed by atoms with Crippen molar-refractivity contribution in [1.82, 2.24) is 15.2 Å². The van der Waals surface area contributed by atoms with Crippen LogP contribution in [0.4, 0.5) is 5.69 Å². The number of anilines is 1. The number of benzene rings is 1. The number of nitrogens with zero attached hydrogens (tertiary/aromatic N) is 2. The Kier molecular flexibility index (Phi) is 6.44. The van der Waals surface area contributed by atoms with E-state index in [4.69, 9.17) is 9.47 Å². The van der Waals surface area contributed by atoms with Gasteiger partial charge in [0.15, 0.2) is 11.5 Å². The van der Waals surface area contributed by atoms with Crippen LogP contribution < -0.4 is 20.1 Å². The van der Waals surface area contributed by atoms with Crippen LogP contribution in [0.2, 0.25) is 0 Å². The third-order valence-corrected chi connectivity index (χ3v) is 4.08. The summed E-state index contributed by atoms with van der Waals surface area (Å²) in [7, 11) is 3.96. The molecule has 8 heteroatoms. The number of rotatable bonds is 7. The van der Waals surface area contributed by atoms with Crippen LogP contribution in [0.25, 0.3) is 0 Å². The van der Waals surface area contributed by atoms with Gasteiger partial charge < -0.3 is 25.0 Å². The topological polar surface area (TPSA) is 92.8 Å². The maximum absolute atomic E-state index is 12.5. The molecule has 0 aliphatic carbocycles. The maximum Gasteiger partial charge on any atom is 0.274 e. The largest absolute Gasteiger partial charge is 0.486 e. The molecule has 28 heavy (non-hydrogen) atoms. The number of pyridine rings is 1. The molecule has 1 aliphatic heterocycles. The van der Waals surface area contributed by atoms with E-state index in [1.54, 1.807) is 36.4 Å². The van der Waals surface area contributed by atoms with Crippen molar-refractivity contribution < 1.29 is 19.1 Å². The molecule has 148 valence electrons. The van der Waals surface area contributed by atoms with E-state index < -0.39 is 5.91 Å². The first-order valence-corrected chi connectivity index (χ1v) is 9.14. The molecule has 1 aromatic heterocycles. The zero-order valence-corrected chi connectivity index (χ0v) is 16.0. The first kappa shape index (κ1) is 19.6. The van der Waals surface area contributed by atoms with E-state index in [1.807, 2.05) is 19.0 Å². The Bertz CT molecular complexity index is 854. The molecule has 2 amide bonds. The van der Waals surface area contributed by atoms with Gasteiger partial charge in [-0.3, -0.25) is 9.59 Å². The summed E-state index contributed by atoms with van der Waals surface area (Å²) in [4.78, 5) is 31.0. The SMILES string of the molecule is CN(C)CCCNC(=O)c1cccc(C(=O)Nc2ccc3c(c2)OCCO3)n1. The zero-order valence-electron chi connectivity index (χ0n) is 16.0. The van der Waals surface area contributed by atoms with Gasteiger partial charge in [0.25, 0.3) is 11.8 Å². The molecular formula is C20H24N4O4.